The summed E-state index contributed by atoms with van der Waals surface area (Å²) < 4.78 is 5.68. The number of thiophene rings is 1. The van der Waals surface area contributed by atoms with E-state index in [0.717, 1.165) is 32.4 Å². The van der Waals surface area contributed by atoms with Gasteiger partial charge >= 0.3 is 0 Å². The number of ether oxygens (including phenoxy) is 1. The molecule has 0 aromatic carbocycles. The van der Waals surface area contributed by atoms with Crippen molar-refractivity contribution in [1.82, 2.24) is 4.90 Å². The molecular formula is C13H18N2O2S. The van der Waals surface area contributed by atoms with E-state index in [1.165, 1.54) is 10.4 Å². The molecule has 1 aromatic rings. The normalized spacial score (nSPS) is 27.3. The van der Waals surface area contributed by atoms with Crippen LogP contribution in [0.2, 0.25) is 0 Å². The summed E-state index contributed by atoms with van der Waals surface area (Å²) >= 11 is 1.79. The lowest BCUT2D eigenvalue weighted by Crippen LogP contribution is -2.42. The Kier molecular flexibility index (Phi) is 3.37. The standard InChI is InChI=1S/C13H18N2O2S/c14-7-10-1-2-11(17-10)13(16)15-5-3-12-9(8-15)4-6-18-12/h4,6,10-11H,1-3,5,7-8,14H2. The predicted molar refractivity (Wildman–Crippen MR) is 70.4 cm³/mol. The van der Waals surface area contributed by atoms with E-state index in [1.54, 1.807) is 11.3 Å². The zero-order valence-corrected chi connectivity index (χ0v) is 11.1. The summed E-state index contributed by atoms with van der Waals surface area (Å²) in [5, 5.41) is 2.11. The Morgan fingerprint density at radius 2 is 2.44 bits per heavy atom. The Balaban J connectivity index is 1.64. The fraction of sp³-hybridized carbons (Fsp3) is 0.615. The fourth-order valence-electron chi connectivity index (χ4n) is 2.70. The second-order valence-electron chi connectivity index (χ2n) is 4.94. The summed E-state index contributed by atoms with van der Waals surface area (Å²) in [7, 11) is 0. The zero-order chi connectivity index (χ0) is 12.5. The minimum atomic E-state index is -0.265. The lowest BCUT2D eigenvalue weighted by Gasteiger charge is -2.29. The van der Waals surface area contributed by atoms with Crippen molar-refractivity contribution >= 4 is 17.2 Å². The Bertz CT molecular complexity index is 446. The number of carbonyl (C=O) groups excluding carboxylic acids is 1. The molecule has 2 unspecified atom stereocenters. The van der Waals surface area contributed by atoms with Crippen LogP contribution in [0.3, 0.4) is 0 Å². The van der Waals surface area contributed by atoms with E-state index >= 15 is 0 Å². The number of hydrogen-bond acceptors (Lipinski definition) is 4. The minimum absolute atomic E-state index is 0.0699. The van der Waals surface area contributed by atoms with Crippen LogP contribution in [0.15, 0.2) is 11.4 Å². The van der Waals surface area contributed by atoms with Gasteiger partial charge in [-0.05, 0) is 36.3 Å². The minimum Gasteiger partial charge on any atom is -0.364 e. The van der Waals surface area contributed by atoms with Gasteiger partial charge in [0, 0.05) is 24.5 Å². The molecule has 2 aliphatic rings. The molecule has 0 radical (unpaired) electrons. The Hall–Kier alpha value is -0.910. The molecule has 3 rings (SSSR count). The van der Waals surface area contributed by atoms with Crippen molar-refractivity contribution in [2.45, 2.75) is 38.0 Å². The molecule has 2 N–H and O–H groups in total. The van der Waals surface area contributed by atoms with E-state index in [0.29, 0.717) is 6.54 Å². The Morgan fingerprint density at radius 3 is 3.22 bits per heavy atom. The summed E-state index contributed by atoms with van der Waals surface area (Å²) in [6, 6.07) is 2.12. The highest BCUT2D eigenvalue weighted by atomic mass is 32.1. The summed E-state index contributed by atoms with van der Waals surface area (Å²) in [4.78, 5) is 15.7. The highest BCUT2D eigenvalue weighted by Crippen LogP contribution is 2.27. The third-order valence-corrected chi connectivity index (χ3v) is 4.79. The first-order chi connectivity index (χ1) is 8.78. The van der Waals surface area contributed by atoms with Crippen LogP contribution in [0.25, 0.3) is 0 Å². The van der Waals surface area contributed by atoms with Crippen LogP contribution in [0.4, 0.5) is 0 Å². The lowest BCUT2D eigenvalue weighted by atomic mass is 10.1. The summed E-state index contributed by atoms with van der Waals surface area (Å²) in [5.74, 6) is 0.141. The molecule has 5 heteroatoms. The largest absolute Gasteiger partial charge is 0.364 e. The summed E-state index contributed by atoms with van der Waals surface area (Å²) in [6.45, 7) is 2.07. The zero-order valence-electron chi connectivity index (χ0n) is 10.3. The summed E-state index contributed by atoms with van der Waals surface area (Å²) in [5.41, 5.74) is 6.87. The first-order valence-electron chi connectivity index (χ1n) is 6.47. The van der Waals surface area contributed by atoms with Crippen molar-refractivity contribution in [1.29, 1.82) is 0 Å². The molecule has 0 saturated carbocycles. The van der Waals surface area contributed by atoms with Crippen LogP contribution >= 0.6 is 11.3 Å². The van der Waals surface area contributed by atoms with Gasteiger partial charge < -0.3 is 15.4 Å². The maximum Gasteiger partial charge on any atom is 0.252 e. The first kappa shape index (κ1) is 12.1. The van der Waals surface area contributed by atoms with E-state index in [9.17, 15) is 4.79 Å². The molecular weight excluding hydrogens is 248 g/mol. The number of carbonyl (C=O) groups is 1. The highest BCUT2D eigenvalue weighted by Gasteiger charge is 2.34. The van der Waals surface area contributed by atoms with Crippen LogP contribution in [0, 0.1) is 0 Å². The van der Waals surface area contributed by atoms with Crippen LogP contribution in [0.1, 0.15) is 23.3 Å². The van der Waals surface area contributed by atoms with E-state index in [1.807, 2.05) is 4.90 Å². The Morgan fingerprint density at radius 1 is 1.56 bits per heavy atom. The van der Waals surface area contributed by atoms with E-state index < -0.39 is 0 Å². The fourth-order valence-corrected chi connectivity index (χ4v) is 3.59. The van der Waals surface area contributed by atoms with Crippen molar-refractivity contribution in [2.24, 2.45) is 5.73 Å². The lowest BCUT2D eigenvalue weighted by molar-refractivity contribution is -0.143. The van der Waals surface area contributed by atoms with E-state index in [-0.39, 0.29) is 18.1 Å². The molecule has 0 bridgehead atoms. The first-order valence-corrected chi connectivity index (χ1v) is 7.35. The molecule has 1 saturated heterocycles. The number of nitrogens with two attached hydrogens (primary N) is 1. The van der Waals surface area contributed by atoms with Gasteiger partial charge in [-0.1, -0.05) is 0 Å². The molecule has 2 atom stereocenters. The number of hydrogen-bond donors (Lipinski definition) is 1. The third-order valence-electron chi connectivity index (χ3n) is 3.77. The Labute approximate surface area is 111 Å². The molecule has 1 aromatic heterocycles. The predicted octanol–water partition coefficient (Wildman–Crippen LogP) is 1.14. The van der Waals surface area contributed by atoms with E-state index in [4.69, 9.17) is 10.5 Å². The molecule has 1 fully saturated rings. The van der Waals surface area contributed by atoms with Crippen LogP contribution in [-0.2, 0) is 22.5 Å². The summed E-state index contributed by atoms with van der Waals surface area (Å²) in [6.07, 6.45) is 2.50. The number of rotatable bonds is 2. The van der Waals surface area contributed by atoms with Crippen molar-refractivity contribution < 1.29 is 9.53 Å². The average Bonchev–Trinajstić information content (AvgIpc) is 3.05. The molecule has 2 aliphatic heterocycles. The van der Waals surface area contributed by atoms with Gasteiger partial charge in [-0.2, -0.15) is 0 Å². The van der Waals surface area contributed by atoms with E-state index in [2.05, 4.69) is 11.4 Å². The second kappa shape index (κ2) is 4.99. The molecule has 98 valence electrons. The molecule has 4 nitrogen and oxygen atoms in total. The van der Waals surface area contributed by atoms with Gasteiger partial charge in [-0.15, -0.1) is 11.3 Å². The average molecular weight is 266 g/mol. The van der Waals surface area contributed by atoms with Gasteiger partial charge in [0.25, 0.3) is 5.91 Å². The maximum atomic E-state index is 12.4. The molecule has 3 heterocycles. The SMILES string of the molecule is NCC1CCC(C(=O)N2CCc3sccc3C2)O1. The maximum absolute atomic E-state index is 12.4. The monoisotopic (exact) mass is 266 g/mol. The van der Waals surface area contributed by atoms with Gasteiger partial charge in [0.15, 0.2) is 0 Å². The highest BCUT2D eigenvalue weighted by molar-refractivity contribution is 7.10. The van der Waals surface area contributed by atoms with Crippen LogP contribution in [0.5, 0.6) is 0 Å². The topological polar surface area (TPSA) is 55.6 Å². The molecule has 18 heavy (non-hydrogen) atoms. The molecule has 0 aliphatic carbocycles. The van der Waals surface area contributed by atoms with Crippen molar-refractivity contribution in [3.05, 3.63) is 21.9 Å². The third kappa shape index (κ3) is 2.18. The molecule has 0 spiro atoms. The van der Waals surface area contributed by atoms with Gasteiger partial charge in [0.2, 0.25) is 0 Å². The number of fused-ring (bicyclic) bond motifs is 1. The van der Waals surface area contributed by atoms with Crippen LogP contribution in [-0.4, -0.2) is 36.1 Å². The van der Waals surface area contributed by atoms with Gasteiger partial charge in [-0.3, -0.25) is 4.79 Å². The smallest absolute Gasteiger partial charge is 0.252 e. The van der Waals surface area contributed by atoms with Crippen LogP contribution < -0.4 is 5.73 Å². The van der Waals surface area contributed by atoms with Crippen molar-refractivity contribution in [2.75, 3.05) is 13.1 Å². The second-order valence-corrected chi connectivity index (χ2v) is 5.94. The quantitative estimate of drug-likeness (QED) is 0.873. The van der Waals surface area contributed by atoms with Crippen molar-refractivity contribution in [3.63, 3.8) is 0 Å². The van der Waals surface area contributed by atoms with Gasteiger partial charge in [0.05, 0.1) is 6.10 Å². The number of nitrogens with zero attached hydrogens (tertiary/aromatic N) is 1. The number of amides is 1. The van der Waals surface area contributed by atoms with Gasteiger partial charge in [-0.25, -0.2) is 0 Å². The molecule has 1 amide bonds. The van der Waals surface area contributed by atoms with Crippen molar-refractivity contribution in [3.8, 4) is 0 Å². The van der Waals surface area contributed by atoms with Gasteiger partial charge in [0.1, 0.15) is 6.10 Å².